The molecule has 0 N–H and O–H groups in total. The monoisotopic (exact) mass is 437 g/mol. The average Bonchev–Trinajstić information content (AvgIpc) is 2.66. The Bertz CT molecular complexity index is 401. The summed E-state index contributed by atoms with van der Waals surface area (Å²) in [5.41, 5.74) is 5.70. The fraction of sp³-hybridized carbons (Fsp3) is 0.733. The SMILES string of the molecule is CC(C)[Si](C#CBr)(C(C)C)C(C)C.O=C1CCC(=O)N1Br. The number of amides is 2. The molecule has 120 valence electrons. The van der Waals surface area contributed by atoms with Gasteiger partial charge in [0.25, 0.3) is 0 Å². The molecule has 1 fully saturated rings. The minimum Gasteiger partial charge on any atom is -0.274 e. The molecule has 0 bridgehead atoms. The Morgan fingerprint density at radius 3 is 1.38 bits per heavy atom. The molecule has 1 rings (SSSR count). The summed E-state index contributed by atoms with van der Waals surface area (Å²) >= 11 is 6.07. The Kier molecular flexibility index (Phi) is 9.06. The molecule has 6 heteroatoms. The predicted octanol–water partition coefficient (Wildman–Crippen LogP) is 5.01. The van der Waals surface area contributed by atoms with Gasteiger partial charge in [-0.15, -0.1) is 5.54 Å². The third kappa shape index (κ3) is 5.22. The van der Waals surface area contributed by atoms with Gasteiger partial charge >= 0.3 is 0 Å². The van der Waals surface area contributed by atoms with Crippen LogP contribution in [-0.4, -0.2) is 23.8 Å². The van der Waals surface area contributed by atoms with Gasteiger partial charge in [0.2, 0.25) is 11.8 Å². The first-order chi connectivity index (χ1) is 9.61. The summed E-state index contributed by atoms with van der Waals surface area (Å²) in [4.78, 5) is 23.9. The molecule has 1 heterocycles. The van der Waals surface area contributed by atoms with Crippen molar-refractivity contribution in [2.75, 3.05) is 0 Å². The maximum atomic E-state index is 10.4. The highest BCUT2D eigenvalue weighted by molar-refractivity contribution is 9.12. The third-order valence-corrected chi connectivity index (χ3v) is 11.8. The lowest BCUT2D eigenvalue weighted by atomic mass is 10.4. The van der Waals surface area contributed by atoms with E-state index in [1.807, 2.05) is 0 Å². The van der Waals surface area contributed by atoms with E-state index in [1.165, 1.54) is 0 Å². The lowest BCUT2D eigenvalue weighted by Crippen LogP contribution is -2.43. The maximum Gasteiger partial charge on any atom is 0.239 e. The van der Waals surface area contributed by atoms with Crippen LogP contribution >= 0.6 is 32.1 Å². The summed E-state index contributed by atoms with van der Waals surface area (Å²) < 4.78 is 0.979. The third-order valence-electron chi connectivity index (χ3n) is 4.12. The van der Waals surface area contributed by atoms with Gasteiger partial charge in [-0.3, -0.25) is 9.59 Å². The lowest BCUT2D eigenvalue weighted by molar-refractivity contribution is -0.131. The van der Waals surface area contributed by atoms with Gasteiger partial charge in [-0.05, 0) is 21.5 Å². The molecule has 0 radical (unpaired) electrons. The van der Waals surface area contributed by atoms with Crippen LogP contribution in [0.1, 0.15) is 54.4 Å². The topological polar surface area (TPSA) is 37.4 Å². The molecule has 3 nitrogen and oxygen atoms in total. The van der Waals surface area contributed by atoms with Crippen molar-refractivity contribution in [3.63, 3.8) is 0 Å². The van der Waals surface area contributed by atoms with Gasteiger partial charge in [-0.25, -0.2) is 3.93 Å². The van der Waals surface area contributed by atoms with E-state index in [2.05, 4.69) is 84.0 Å². The largest absolute Gasteiger partial charge is 0.274 e. The smallest absolute Gasteiger partial charge is 0.239 e. The quantitative estimate of drug-likeness (QED) is 0.269. The normalized spacial score (nSPS) is 15.3. The van der Waals surface area contributed by atoms with Gasteiger partial charge < -0.3 is 0 Å². The minimum absolute atomic E-state index is 0.144. The van der Waals surface area contributed by atoms with Crippen LogP contribution in [0.2, 0.25) is 16.6 Å². The van der Waals surface area contributed by atoms with Crippen molar-refractivity contribution in [1.29, 1.82) is 0 Å². The number of carbonyl (C=O) groups excluding carboxylic acids is 2. The second-order valence-corrected chi connectivity index (χ2v) is 12.9. The number of hydrogen-bond donors (Lipinski definition) is 0. The van der Waals surface area contributed by atoms with Crippen molar-refractivity contribution in [2.45, 2.75) is 71.0 Å². The lowest BCUT2D eigenvalue weighted by Gasteiger charge is -2.37. The summed E-state index contributed by atoms with van der Waals surface area (Å²) in [6.07, 6.45) is 0.703. The fourth-order valence-electron chi connectivity index (χ4n) is 3.06. The molecule has 2 amide bonds. The summed E-state index contributed by atoms with van der Waals surface area (Å²) in [5.74, 6) is -0.287. The molecule has 0 spiro atoms. The molecular formula is C15H25Br2NO2Si. The number of imide groups is 1. The summed E-state index contributed by atoms with van der Waals surface area (Å²) in [6.45, 7) is 13.9. The van der Waals surface area contributed by atoms with E-state index in [9.17, 15) is 9.59 Å². The molecule has 0 aromatic heterocycles. The molecule has 0 saturated carbocycles. The van der Waals surface area contributed by atoms with Crippen LogP contribution in [0.3, 0.4) is 0 Å². The van der Waals surface area contributed by atoms with Gasteiger partial charge in [0, 0.05) is 28.8 Å². The molecule has 0 aromatic carbocycles. The minimum atomic E-state index is -1.44. The predicted molar refractivity (Wildman–Crippen MR) is 97.8 cm³/mol. The van der Waals surface area contributed by atoms with E-state index in [1.54, 1.807) is 0 Å². The van der Waals surface area contributed by atoms with Crippen LogP contribution in [-0.2, 0) is 9.59 Å². The second-order valence-electron chi connectivity index (χ2n) is 6.18. The van der Waals surface area contributed by atoms with E-state index >= 15 is 0 Å². The molecule has 0 aliphatic carbocycles. The van der Waals surface area contributed by atoms with Crippen LogP contribution in [0.5, 0.6) is 0 Å². The Hall–Kier alpha value is -0.123. The van der Waals surface area contributed by atoms with Gasteiger partial charge in [0.15, 0.2) is 0 Å². The Morgan fingerprint density at radius 2 is 1.29 bits per heavy atom. The zero-order valence-corrected chi connectivity index (χ0v) is 17.8. The number of hydrogen-bond acceptors (Lipinski definition) is 2. The highest BCUT2D eigenvalue weighted by Gasteiger charge is 2.41. The van der Waals surface area contributed by atoms with Gasteiger partial charge in [-0.1, -0.05) is 41.5 Å². The van der Waals surface area contributed by atoms with Crippen molar-refractivity contribution < 1.29 is 9.59 Å². The summed E-state index contributed by atoms with van der Waals surface area (Å²) in [6, 6.07) is 0. The zero-order valence-electron chi connectivity index (χ0n) is 13.7. The van der Waals surface area contributed by atoms with Crippen LogP contribution < -0.4 is 0 Å². The van der Waals surface area contributed by atoms with Crippen LogP contribution in [0.25, 0.3) is 0 Å². The van der Waals surface area contributed by atoms with E-state index in [0.717, 1.165) is 20.5 Å². The van der Waals surface area contributed by atoms with E-state index in [4.69, 9.17) is 0 Å². The Balaban J connectivity index is 0.000000423. The van der Waals surface area contributed by atoms with Crippen molar-refractivity contribution in [1.82, 2.24) is 3.93 Å². The molecule has 21 heavy (non-hydrogen) atoms. The van der Waals surface area contributed by atoms with Crippen molar-refractivity contribution in [2.24, 2.45) is 0 Å². The first-order valence-electron chi connectivity index (χ1n) is 7.25. The molecule has 1 saturated heterocycles. The maximum absolute atomic E-state index is 10.4. The number of rotatable bonds is 3. The van der Waals surface area contributed by atoms with Crippen molar-refractivity contribution >= 4 is 52.0 Å². The summed E-state index contributed by atoms with van der Waals surface area (Å²) in [7, 11) is -1.44. The molecule has 1 aliphatic heterocycles. The standard InChI is InChI=1S/C11H21BrSi.C4H4BrNO2/c1-9(2)13(8-7-12,10(3)4)11(5)6;5-6-3(7)1-2-4(6)8/h9-11H,1-6H3;1-2H2. The first-order valence-corrected chi connectivity index (χ1v) is 11.0. The first kappa shape index (κ1) is 20.9. The van der Waals surface area contributed by atoms with Crippen molar-refractivity contribution in [3.8, 4) is 10.4 Å². The van der Waals surface area contributed by atoms with Gasteiger partial charge in [0.05, 0.1) is 16.1 Å². The average molecular weight is 439 g/mol. The van der Waals surface area contributed by atoms with E-state index in [-0.39, 0.29) is 11.8 Å². The zero-order chi connectivity index (χ0) is 16.8. The number of halogens is 2. The summed E-state index contributed by atoms with van der Waals surface area (Å²) in [5, 5.41) is 0. The molecule has 0 aromatic rings. The Morgan fingerprint density at radius 1 is 0.952 bits per heavy atom. The highest BCUT2D eigenvalue weighted by Crippen LogP contribution is 2.40. The highest BCUT2D eigenvalue weighted by atomic mass is 79.9. The number of carbonyl (C=O) groups is 2. The molecule has 0 atom stereocenters. The van der Waals surface area contributed by atoms with Crippen molar-refractivity contribution in [3.05, 3.63) is 0 Å². The Labute approximate surface area is 146 Å². The molecular weight excluding hydrogens is 414 g/mol. The second kappa shape index (κ2) is 9.11. The van der Waals surface area contributed by atoms with Crippen LogP contribution in [0.4, 0.5) is 0 Å². The fourth-order valence-corrected chi connectivity index (χ4v) is 9.48. The van der Waals surface area contributed by atoms with Crippen LogP contribution in [0, 0.1) is 10.4 Å². The molecule has 0 unspecified atom stereocenters. The molecule has 1 aliphatic rings. The van der Waals surface area contributed by atoms with Gasteiger partial charge in [-0.2, -0.15) is 0 Å². The van der Waals surface area contributed by atoms with Crippen LogP contribution in [0.15, 0.2) is 0 Å². The van der Waals surface area contributed by atoms with Gasteiger partial charge in [0.1, 0.15) is 8.07 Å². The van der Waals surface area contributed by atoms with E-state index in [0.29, 0.717) is 12.8 Å². The number of nitrogens with zero attached hydrogens (tertiary/aromatic N) is 1. The van der Waals surface area contributed by atoms with E-state index < -0.39 is 8.07 Å².